The number of nitrogens with zero attached hydrogens (tertiary/aromatic N) is 2. The van der Waals surface area contributed by atoms with Gasteiger partial charge in [-0.15, -0.1) is 0 Å². The number of carbonyl (C=O) groups excluding carboxylic acids is 1. The third kappa shape index (κ3) is 3.88. The first-order valence-electron chi connectivity index (χ1n) is 7.43. The van der Waals surface area contributed by atoms with Gasteiger partial charge in [-0.3, -0.25) is 4.79 Å². The Kier molecular flexibility index (Phi) is 5.07. The highest BCUT2D eigenvalue weighted by Crippen LogP contribution is 2.23. The van der Waals surface area contributed by atoms with E-state index in [1.165, 1.54) is 6.42 Å². The van der Waals surface area contributed by atoms with Crippen LogP contribution in [0.15, 0.2) is 18.2 Å². The van der Waals surface area contributed by atoms with Crippen LogP contribution in [0.5, 0.6) is 0 Å². The predicted octanol–water partition coefficient (Wildman–Crippen LogP) is 1.98. The van der Waals surface area contributed by atoms with E-state index in [0.29, 0.717) is 17.8 Å². The molecule has 0 saturated carbocycles. The van der Waals surface area contributed by atoms with Crippen molar-refractivity contribution in [2.45, 2.75) is 25.4 Å². The number of anilines is 2. The molecule has 0 bridgehead atoms. The highest BCUT2D eigenvalue weighted by Gasteiger charge is 2.20. The predicted molar refractivity (Wildman–Crippen MR) is 85.7 cm³/mol. The summed E-state index contributed by atoms with van der Waals surface area (Å²) in [4.78, 5) is 16.1. The molecular formula is C16H25N3O2. The molecular weight excluding hydrogens is 266 g/mol. The zero-order chi connectivity index (χ0) is 15.4. The summed E-state index contributed by atoms with van der Waals surface area (Å²) in [5, 5.41) is 0. The lowest BCUT2D eigenvalue weighted by Crippen LogP contribution is -2.37. The van der Waals surface area contributed by atoms with Crippen LogP contribution in [0.25, 0.3) is 0 Å². The fourth-order valence-corrected chi connectivity index (χ4v) is 2.65. The molecule has 2 rings (SSSR count). The van der Waals surface area contributed by atoms with E-state index >= 15 is 0 Å². The molecule has 0 aliphatic carbocycles. The van der Waals surface area contributed by atoms with Gasteiger partial charge in [-0.1, -0.05) is 0 Å². The molecule has 0 radical (unpaired) electrons. The minimum absolute atomic E-state index is 0.0128. The van der Waals surface area contributed by atoms with E-state index in [2.05, 4.69) is 0 Å². The molecule has 1 aromatic carbocycles. The van der Waals surface area contributed by atoms with Crippen molar-refractivity contribution in [3.8, 4) is 0 Å². The van der Waals surface area contributed by atoms with Crippen LogP contribution in [0.3, 0.4) is 0 Å². The van der Waals surface area contributed by atoms with E-state index < -0.39 is 0 Å². The Hall–Kier alpha value is -1.75. The standard InChI is InChI=1S/C16H25N3O2/c1-18(2)15-8-7-12(10-14(15)17)16(20)19(3)11-13-6-4-5-9-21-13/h7-8,10,13H,4-6,9,11,17H2,1-3H3. The fourth-order valence-electron chi connectivity index (χ4n) is 2.65. The second kappa shape index (κ2) is 6.80. The Labute approximate surface area is 126 Å². The smallest absolute Gasteiger partial charge is 0.253 e. The van der Waals surface area contributed by atoms with E-state index in [-0.39, 0.29) is 12.0 Å². The lowest BCUT2D eigenvalue weighted by molar-refractivity contribution is -0.000185. The topological polar surface area (TPSA) is 58.8 Å². The molecule has 2 N–H and O–H groups in total. The molecule has 1 saturated heterocycles. The number of carbonyl (C=O) groups is 1. The lowest BCUT2D eigenvalue weighted by Gasteiger charge is -2.27. The number of hydrogen-bond donors (Lipinski definition) is 1. The largest absolute Gasteiger partial charge is 0.397 e. The van der Waals surface area contributed by atoms with Crippen molar-refractivity contribution < 1.29 is 9.53 Å². The van der Waals surface area contributed by atoms with Gasteiger partial charge in [-0.25, -0.2) is 0 Å². The normalized spacial score (nSPS) is 18.3. The molecule has 1 heterocycles. The first kappa shape index (κ1) is 15.6. The van der Waals surface area contributed by atoms with Gasteiger partial charge < -0.3 is 20.3 Å². The summed E-state index contributed by atoms with van der Waals surface area (Å²) in [5.74, 6) is -0.0128. The summed E-state index contributed by atoms with van der Waals surface area (Å²) < 4.78 is 5.68. The SMILES string of the molecule is CN(CC1CCCCO1)C(=O)c1ccc(N(C)C)c(N)c1. The number of nitrogens with two attached hydrogens (primary N) is 1. The Morgan fingerprint density at radius 2 is 2.10 bits per heavy atom. The van der Waals surface area contributed by atoms with Gasteiger partial charge in [0.15, 0.2) is 0 Å². The molecule has 5 nitrogen and oxygen atoms in total. The maximum Gasteiger partial charge on any atom is 0.253 e. The van der Waals surface area contributed by atoms with Gasteiger partial charge in [0.1, 0.15) is 0 Å². The molecule has 21 heavy (non-hydrogen) atoms. The van der Waals surface area contributed by atoms with Crippen molar-refractivity contribution in [1.82, 2.24) is 4.90 Å². The maximum absolute atomic E-state index is 12.5. The zero-order valence-corrected chi connectivity index (χ0v) is 13.1. The van der Waals surface area contributed by atoms with E-state index in [0.717, 1.165) is 25.1 Å². The summed E-state index contributed by atoms with van der Waals surface area (Å²) in [6.45, 7) is 1.44. The Balaban J connectivity index is 2.03. The molecule has 0 aromatic heterocycles. The number of amides is 1. The summed E-state index contributed by atoms with van der Waals surface area (Å²) in [6, 6.07) is 5.45. The van der Waals surface area contributed by atoms with Crippen molar-refractivity contribution in [2.75, 3.05) is 44.9 Å². The summed E-state index contributed by atoms with van der Waals surface area (Å²) in [5.41, 5.74) is 8.17. The first-order chi connectivity index (χ1) is 9.99. The Morgan fingerprint density at radius 3 is 2.67 bits per heavy atom. The third-order valence-corrected chi connectivity index (χ3v) is 3.85. The van der Waals surface area contributed by atoms with Gasteiger partial charge in [0, 0.05) is 39.9 Å². The molecule has 1 amide bonds. The molecule has 0 spiro atoms. The zero-order valence-electron chi connectivity index (χ0n) is 13.1. The monoisotopic (exact) mass is 291 g/mol. The van der Waals surface area contributed by atoms with Gasteiger partial charge in [0.2, 0.25) is 0 Å². The van der Waals surface area contributed by atoms with Crippen LogP contribution in [-0.4, -0.2) is 51.2 Å². The highest BCUT2D eigenvalue weighted by molar-refractivity contribution is 5.96. The molecule has 1 fully saturated rings. The summed E-state index contributed by atoms with van der Waals surface area (Å²) in [7, 11) is 5.68. The molecule has 1 aliphatic rings. The molecule has 5 heteroatoms. The Bertz CT molecular complexity index is 496. The van der Waals surface area contributed by atoms with Crippen molar-refractivity contribution >= 4 is 17.3 Å². The number of hydrogen-bond acceptors (Lipinski definition) is 4. The van der Waals surface area contributed by atoms with Crippen LogP contribution >= 0.6 is 0 Å². The van der Waals surface area contributed by atoms with Crippen molar-refractivity contribution in [2.24, 2.45) is 0 Å². The van der Waals surface area contributed by atoms with Crippen LogP contribution in [0.2, 0.25) is 0 Å². The molecule has 1 unspecified atom stereocenters. The number of nitrogen functional groups attached to an aromatic ring is 1. The van der Waals surface area contributed by atoms with E-state index in [1.54, 1.807) is 11.0 Å². The quantitative estimate of drug-likeness (QED) is 0.862. The third-order valence-electron chi connectivity index (χ3n) is 3.85. The van der Waals surface area contributed by atoms with Crippen LogP contribution in [0, 0.1) is 0 Å². The van der Waals surface area contributed by atoms with Gasteiger partial charge in [0.25, 0.3) is 5.91 Å². The minimum atomic E-state index is -0.0128. The second-order valence-electron chi connectivity index (χ2n) is 5.84. The first-order valence-corrected chi connectivity index (χ1v) is 7.43. The van der Waals surface area contributed by atoms with Crippen molar-refractivity contribution in [3.05, 3.63) is 23.8 Å². The van der Waals surface area contributed by atoms with Crippen LogP contribution in [0.1, 0.15) is 29.6 Å². The number of benzene rings is 1. The van der Waals surface area contributed by atoms with Crippen LogP contribution in [-0.2, 0) is 4.74 Å². The van der Waals surface area contributed by atoms with Crippen LogP contribution in [0.4, 0.5) is 11.4 Å². The van der Waals surface area contributed by atoms with Crippen molar-refractivity contribution in [3.63, 3.8) is 0 Å². The van der Waals surface area contributed by atoms with Gasteiger partial charge in [-0.2, -0.15) is 0 Å². The van der Waals surface area contributed by atoms with Gasteiger partial charge in [0.05, 0.1) is 17.5 Å². The number of ether oxygens (including phenoxy) is 1. The van der Waals surface area contributed by atoms with Gasteiger partial charge >= 0.3 is 0 Å². The minimum Gasteiger partial charge on any atom is -0.397 e. The lowest BCUT2D eigenvalue weighted by atomic mass is 10.1. The highest BCUT2D eigenvalue weighted by atomic mass is 16.5. The summed E-state index contributed by atoms with van der Waals surface area (Å²) in [6.07, 6.45) is 3.49. The molecule has 116 valence electrons. The maximum atomic E-state index is 12.5. The van der Waals surface area contributed by atoms with E-state index in [4.69, 9.17) is 10.5 Å². The average molecular weight is 291 g/mol. The van der Waals surface area contributed by atoms with E-state index in [1.807, 2.05) is 38.2 Å². The van der Waals surface area contributed by atoms with Crippen LogP contribution < -0.4 is 10.6 Å². The molecule has 1 aliphatic heterocycles. The number of rotatable bonds is 4. The second-order valence-corrected chi connectivity index (χ2v) is 5.84. The Morgan fingerprint density at radius 1 is 1.33 bits per heavy atom. The van der Waals surface area contributed by atoms with Gasteiger partial charge in [-0.05, 0) is 37.5 Å². The molecule has 1 aromatic rings. The average Bonchev–Trinajstić information content (AvgIpc) is 2.47. The summed E-state index contributed by atoms with van der Waals surface area (Å²) >= 11 is 0. The van der Waals surface area contributed by atoms with Crippen molar-refractivity contribution in [1.29, 1.82) is 0 Å². The fraction of sp³-hybridized carbons (Fsp3) is 0.562. The number of likely N-dealkylation sites (N-methyl/N-ethyl adjacent to an activating group) is 1. The molecule has 1 atom stereocenters. The van der Waals surface area contributed by atoms with E-state index in [9.17, 15) is 4.79 Å².